The highest BCUT2D eigenvalue weighted by Gasteiger charge is 2.65. The summed E-state index contributed by atoms with van der Waals surface area (Å²) in [5, 5.41) is 0. The van der Waals surface area contributed by atoms with Crippen LogP contribution in [0.2, 0.25) is 0 Å². The van der Waals surface area contributed by atoms with Gasteiger partial charge in [-0.15, -0.1) is 0 Å². The van der Waals surface area contributed by atoms with Gasteiger partial charge in [0.25, 0.3) is 0 Å². The van der Waals surface area contributed by atoms with Crippen LogP contribution >= 0.6 is 0 Å². The van der Waals surface area contributed by atoms with E-state index >= 15 is 0 Å². The maximum absolute atomic E-state index is 13.4. The highest BCUT2D eigenvalue weighted by atomic mass is 32.2. The molecule has 0 amide bonds. The predicted octanol–water partition coefficient (Wildman–Crippen LogP) is 3.16. The second-order valence-corrected chi connectivity index (χ2v) is 10.2. The molecule has 1 aromatic rings. The molecule has 1 heterocycles. The molecule has 3 aliphatic rings. The molecule has 24 heavy (non-hydrogen) atoms. The Morgan fingerprint density at radius 2 is 1.92 bits per heavy atom. The SMILES string of the molecule is C[C@@H]1Cc2ccccc2N1S(=O)(=O)C[C@@]12CC[C@@H](CC1=O)C2(C)C. The Morgan fingerprint density at radius 3 is 2.54 bits per heavy atom. The Kier molecular flexibility index (Phi) is 3.25. The molecule has 0 saturated heterocycles. The fraction of sp³-hybridized carbons (Fsp3) is 0.632. The first-order valence-electron chi connectivity index (χ1n) is 8.82. The van der Waals surface area contributed by atoms with Crippen molar-refractivity contribution >= 4 is 21.5 Å². The highest BCUT2D eigenvalue weighted by Crippen LogP contribution is 2.64. The van der Waals surface area contributed by atoms with Crippen molar-refractivity contribution < 1.29 is 13.2 Å². The van der Waals surface area contributed by atoms with Crippen LogP contribution in [0.5, 0.6) is 0 Å². The largest absolute Gasteiger partial charge is 0.299 e. The maximum atomic E-state index is 13.4. The number of ketones is 1. The van der Waals surface area contributed by atoms with E-state index in [-0.39, 0.29) is 23.0 Å². The zero-order chi connectivity index (χ0) is 17.3. The first kappa shape index (κ1) is 16.1. The number of para-hydroxylation sites is 1. The third-order valence-corrected chi connectivity index (χ3v) is 9.03. The van der Waals surface area contributed by atoms with Gasteiger partial charge in [-0.3, -0.25) is 9.10 Å². The molecule has 2 fully saturated rings. The van der Waals surface area contributed by atoms with Crippen LogP contribution in [0.4, 0.5) is 5.69 Å². The molecule has 130 valence electrons. The molecule has 0 spiro atoms. The van der Waals surface area contributed by atoms with Crippen molar-refractivity contribution in [2.24, 2.45) is 16.7 Å². The molecule has 2 aliphatic carbocycles. The summed E-state index contributed by atoms with van der Waals surface area (Å²) in [6.07, 6.45) is 2.98. The van der Waals surface area contributed by atoms with Gasteiger partial charge in [0.1, 0.15) is 5.78 Å². The minimum absolute atomic E-state index is 0.0407. The molecule has 4 nitrogen and oxygen atoms in total. The predicted molar refractivity (Wildman–Crippen MR) is 94.4 cm³/mol. The molecule has 1 aromatic carbocycles. The van der Waals surface area contributed by atoms with Gasteiger partial charge in [-0.1, -0.05) is 32.0 Å². The monoisotopic (exact) mass is 347 g/mol. The Hall–Kier alpha value is -1.36. The third-order valence-electron chi connectivity index (χ3n) is 7.01. The first-order valence-corrected chi connectivity index (χ1v) is 10.4. The van der Waals surface area contributed by atoms with Gasteiger partial charge in [0.15, 0.2) is 0 Å². The van der Waals surface area contributed by atoms with Gasteiger partial charge >= 0.3 is 0 Å². The number of anilines is 1. The summed E-state index contributed by atoms with van der Waals surface area (Å²) in [5.41, 5.74) is 0.944. The Morgan fingerprint density at radius 1 is 1.21 bits per heavy atom. The number of fused-ring (bicyclic) bond motifs is 3. The number of Topliss-reactive ketones (excluding diaryl/α,β-unsaturated/α-hetero) is 1. The molecule has 1 aliphatic heterocycles. The average Bonchev–Trinajstić information content (AvgIpc) is 3.01. The maximum Gasteiger partial charge on any atom is 0.236 e. The van der Waals surface area contributed by atoms with E-state index in [4.69, 9.17) is 0 Å². The number of carbonyl (C=O) groups excluding carboxylic acids is 1. The van der Waals surface area contributed by atoms with Gasteiger partial charge in [-0.25, -0.2) is 8.42 Å². The van der Waals surface area contributed by atoms with Crippen LogP contribution in [0, 0.1) is 16.7 Å². The summed E-state index contributed by atoms with van der Waals surface area (Å²) in [6.45, 7) is 6.13. The lowest BCUT2D eigenvalue weighted by Gasteiger charge is -2.38. The Balaban J connectivity index is 1.74. The van der Waals surface area contributed by atoms with Crippen molar-refractivity contribution in [2.75, 3.05) is 10.1 Å². The van der Waals surface area contributed by atoms with Gasteiger partial charge in [-0.05, 0) is 49.1 Å². The van der Waals surface area contributed by atoms with Crippen molar-refractivity contribution in [3.8, 4) is 0 Å². The molecule has 0 aromatic heterocycles. The van der Waals surface area contributed by atoms with Crippen LogP contribution in [-0.2, 0) is 21.2 Å². The summed E-state index contributed by atoms with van der Waals surface area (Å²) in [6, 6.07) is 7.63. The molecule has 0 radical (unpaired) electrons. The minimum Gasteiger partial charge on any atom is -0.299 e. The molecule has 0 unspecified atom stereocenters. The van der Waals surface area contributed by atoms with Crippen molar-refractivity contribution in [3.05, 3.63) is 29.8 Å². The van der Waals surface area contributed by atoms with Crippen molar-refractivity contribution in [3.63, 3.8) is 0 Å². The van der Waals surface area contributed by atoms with Crippen LogP contribution in [0.1, 0.15) is 45.6 Å². The van der Waals surface area contributed by atoms with Gasteiger partial charge in [0.05, 0.1) is 16.9 Å². The molecular weight excluding hydrogens is 322 g/mol. The molecule has 3 atom stereocenters. The van der Waals surface area contributed by atoms with E-state index in [1.807, 2.05) is 31.2 Å². The van der Waals surface area contributed by atoms with Crippen LogP contribution in [0.3, 0.4) is 0 Å². The normalized spacial score (nSPS) is 34.0. The van der Waals surface area contributed by atoms with Crippen LogP contribution in [0.25, 0.3) is 0 Å². The summed E-state index contributed by atoms with van der Waals surface area (Å²) >= 11 is 0. The van der Waals surface area contributed by atoms with Gasteiger partial charge in [0, 0.05) is 12.5 Å². The topological polar surface area (TPSA) is 54.5 Å². The quantitative estimate of drug-likeness (QED) is 0.844. The highest BCUT2D eigenvalue weighted by molar-refractivity contribution is 7.92. The average molecular weight is 347 g/mol. The molecule has 0 N–H and O–H groups in total. The van der Waals surface area contributed by atoms with E-state index < -0.39 is 15.4 Å². The summed E-state index contributed by atoms with van der Waals surface area (Å²) < 4.78 is 28.3. The van der Waals surface area contributed by atoms with Crippen LogP contribution < -0.4 is 4.31 Å². The zero-order valence-electron chi connectivity index (χ0n) is 14.6. The lowest BCUT2D eigenvalue weighted by molar-refractivity contribution is -0.128. The number of carbonyl (C=O) groups is 1. The number of hydrogen-bond donors (Lipinski definition) is 0. The lowest BCUT2D eigenvalue weighted by Crippen LogP contribution is -2.48. The number of benzene rings is 1. The molecule has 5 heteroatoms. The number of rotatable bonds is 3. The smallest absolute Gasteiger partial charge is 0.236 e. The van der Waals surface area contributed by atoms with Gasteiger partial charge < -0.3 is 0 Å². The molecule has 4 rings (SSSR count). The van der Waals surface area contributed by atoms with E-state index in [9.17, 15) is 13.2 Å². The van der Waals surface area contributed by atoms with Crippen LogP contribution in [-0.4, -0.2) is 26.0 Å². The van der Waals surface area contributed by atoms with Crippen molar-refractivity contribution in [2.45, 2.75) is 52.5 Å². The van der Waals surface area contributed by atoms with Gasteiger partial charge in [-0.2, -0.15) is 0 Å². The summed E-state index contributed by atoms with van der Waals surface area (Å²) in [7, 11) is -3.54. The fourth-order valence-corrected chi connectivity index (χ4v) is 7.99. The molecule has 2 saturated carbocycles. The van der Waals surface area contributed by atoms with Crippen molar-refractivity contribution in [1.82, 2.24) is 0 Å². The van der Waals surface area contributed by atoms with E-state index in [1.165, 1.54) is 0 Å². The standard InChI is InChI=1S/C19H25NO3S/c1-13-10-14-6-4-5-7-16(14)20(13)24(22,23)12-19-9-8-15(11-17(19)21)18(19,2)3/h4-7,13,15H,8-12H2,1-3H3/t13-,15+,19+/m1/s1. The third kappa shape index (κ3) is 1.91. The van der Waals surface area contributed by atoms with Crippen molar-refractivity contribution in [1.29, 1.82) is 0 Å². The van der Waals surface area contributed by atoms with Crippen LogP contribution in [0.15, 0.2) is 24.3 Å². The number of hydrogen-bond acceptors (Lipinski definition) is 3. The first-order chi connectivity index (χ1) is 11.2. The molecular formula is C19H25NO3S. The number of sulfonamides is 1. The van der Waals surface area contributed by atoms with E-state index in [1.54, 1.807) is 4.31 Å². The van der Waals surface area contributed by atoms with Gasteiger partial charge in [0.2, 0.25) is 10.0 Å². The molecule has 2 bridgehead atoms. The fourth-order valence-electron chi connectivity index (χ4n) is 5.45. The van der Waals surface area contributed by atoms with E-state index in [0.29, 0.717) is 18.8 Å². The second kappa shape index (κ2) is 4.84. The Labute approximate surface area is 144 Å². The van der Waals surface area contributed by atoms with E-state index in [2.05, 4.69) is 13.8 Å². The van der Waals surface area contributed by atoms with E-state index in [0.717, 1.165) is 24.1 Å². The minimum atomic E-state index is -3.54. The second-order valence-electron chi connectivity index (χ2n) is 8.40. The Bertz CT molecular complexity index is 814. The number of nitrogens with zero attached hydrogens (tertiary/aromatic N) is 1. The zero-order valence-corrected chi connectivity index (χ0v) is 15.4. The summed E-state index contributed by atoms with van der Waals surface area (Å²) in [5.74, 6) is 0.456. The lowest BCUT2D eigenvalue weighted by atomic mass is 9.70. The summed E-state index contributed by atoms with van der Waals surface area (Å²) in [4.78, 5) is 12.7.